The van der Waals surface area contributed by atoms with Crippen LogP contribution >= 0.6 is 0 Å². The molecule has 0 unspecified atom stereocenters. The van der Waals surface area contributed by atoms with E-state index in [0.717, 1.165) is 5.56 Å². The maximum atomic E-state index is 12.4. The van der Waals surface area contributed by atoms with Gasteiger partial charge in [0.15, 0.2) is 0 Å². The van der Waals surface area contributed by atoms with Crippen molar-refractivity contribution >= 4 is 21.8 Å². The Labute approximate surface area is 148 Å². The first-order valence-corrected chi connectivity index (χ1v) is 9.49. The van der Waals surface area contributed by atoms with Gasteiger partial charge in [0.05, 0.1) is 4.90 Å². The third kappa shape index (κ3) is 5.04. The van der Waals surface area contributed by atoms with Crippen LogP contribution < -0.4 is 5.32 Å². The summed E-state index contributed by atoms with van der Waals surface area (Å²) in [6, 6.07) is 15.4. The van der Waals surface area contributed by atoms with Gasteiger partial charge in [0, 0.05) is 18.8 Å². The summed E-state index contributed by atoms with van der Waals surface area (Å²) in [5.41, 5.74) is 1.36. The summed E-state index contributed by atoms with van der Waals surface area (Å²) in [6.07, 6.45) is -0.594. The van der Waals surface area contributed by atoms with Crippen molar-refractivity contribution in [3.8, 4) is 0 Å². The van der Waals surface area contributed by atoms with Crippen LogP contribution in [0.2, 0.25) is 0 Å². The van der Waals surface area contributed by atoms with Crippen LogP contribution in [0.15, 0.2) is 59.5 Å². The molecular formula is C18H22N2O4S. The lowest BCUT2D eigenvalue weighted by Gasteiger charge is -2.18. The van der Waals surface area contributed by atoms with Gasteiger partial charge in [0.2, 0.25) is 10.0 Å². The number of nitrogens with one attached hydrogen (secondary N) is 1. The van der Waals surface area contributed by atoms with Crippen LogP contribution in [0.5, 0.6) is 0 Å². The highest BCUT2D eigenvalue weighted by Crippen LogP contribution is 2.18. The van der Waals surface area contributed by atoms with Gasteiger partial charge in [-0.25, -0.2) is 13.2 Å². The number of ether oxygens (including phenoxy) is 1. The van der Waals surface area contributed by atoms with Gasteiger partial charge in [-0.15, -0.1) is 0 Å². The van der Waals surface area contributed by atoms with E-state index >= 15 is 0 Å². The van der Waals surface area contributed by atoms with E-state index < -0.39 is 16.1 Å². The molecule has 0 saturated heterocycles. The number of amides is 1. The first kappa shape index (κ1) is 19.0. The van der Waals surface area contributed by atoms with E-state index in [1.165, 1.54) is 16.4 Å². The normalized spacial score (nSPS) is 11.3. The molecule has 134 valence electrons. The average Bonchev–Trinajstić information content (AvgIpc) is 2.62. The molecule has 0 heterocycles. The van der Waals surface area contributed by atoms with E-state index in [4.69, 9.17) is 4.74 Å². The summed E-state index contributed by atoms with van der Waals surface area (Å²) in [7, 11) is -3.50. The molecule has 2 aromatic carbocycles. The van der Waals surface area contributed by atoms with Gasteiger partial charge in [-0.3, -0.25) is 5.32 Å². The second-order valence-electron chi connectivity index (χ2n) is 5.30. The molecule has 0 saturated carbocycles. The summed E-state index contributed by atoms with van der Waals surface area (Å²) in [4.78, 5) is 12.0. The molecule has 1 amide bonds. The Morgan fingerprint density at radius 1 is 1.00 bits per heavy atom. The Hall–Kier alpha value is -2.38. The van der Waals surface area contributed by atoms with Gasteiger partial charge in [0.25, 0.3) is 0 Å². The number of hydrogen-bond donors (Lipinski definition) is 1. The SMILES string of the molecule is CCN(CC)S(=O)(=O)c1ccc(NC(=O)OCc2ccccc2)cc1. The summed E-state index contributed by atoms with van der Waals surface area (Å²) in [5, 5.41) is 2.58. The average molecular weight is 362 g/mol. The molecule has 0 bridgehead atoms. The van der Waals surface area contributed by atoms with Crippen LogP contribution in [0, 0.1) is 0 Å². The van der Waals surface area contributed by atoms with Gasteiger partial charge in [-0.05, 0) is 29.8 Å². The minimum absolute atomic E-state index is 0.168. The highest BCUT2D eigenvalue weighted by molar-refractivity contribution is 7.89. The number of nitrogens with zero attached hydrogens (tertiary/aromatic N) is 1. The molecule has 7 heteroatoms. The third-order valence-corrected chi connectivity index (χ3v) is 5.72. The Kier molecular flexibility index (Phi) is 6.55. The first-order valence-electron chi connectivity index (χ1n) is 8.05. The standard InChI is InChI=1S/C18H22N2O4S/c1-3-20(4-2)25(22,23)17-12-10-16(11-13-17)19-18(21)24-14-15-8-6-5-7-9-15/h5-13H,3-4,14H2,1-2H3,(H,19,21). The molecule has 0 fully saturated rings. The zero-order valence-electron chi connectivity index (χ0n) is 14.3. The van der Waals surface area contributed by atoms with Crippen LogP contribution in [-0.4, -0.2) is 31.9 Å². The second-order valence-corrected chi connectivity index (χ2v) is 7.24. The summed E-state index contributed by atoms with van der Waals surface area (Å²) in [5.74, 6) is 0. The van der Waals surface area contributed by atoms with Crippen LogP contribution in [0.25, 0.3) is 0 Å². The zero-order valence-corrected chi connectivity index (χ0v) is 15.1. The molecule has 2 aromatic rings. The number of hydrogen-bond acceptors (Lipinski definition) is 4. The van der Waals surface area contributed by atoms with Crippen molar-refractivity contribution in [1.29, 1.82) is 0 Å². The molecule has 0 aliphatic rings. The summed E-state index contributed by atoms with van der Waals surface area (Å²) < 4.78 is 31.3. The van der Waals surface area contributed by atoms with E-state index in [0.29, 0.717) is 18.8 Å². The number of carbonyl (C=O) groups excluding carboxylic acids is 1. The summed E-state index contributed by atoms with van der Waals surface area (Å²) >= 11 is 0. The highest BCUT2D eigenvalue weighted by Gasteiger charge is 2.21. The van der Waals surface area contributed by atoms with E-state index in [9.17, 15) is 13.2 Å². The van der Waals surface area contributed by atoms with Crippen molar-refractivity contribution in [2.24, 2.45) is 0 Å². The van der Waals surface area contributed by atoms with Crippen molar-refractivity contribution in [3.05, 3.63) is 60.2 Å². The highest BCUT2D eigenvalue weighted by atomic mass is 32.2. The van der Waals surface area contributed by atoms with Crippen molar-refractivity contribution in [3.63, 3.8) is 0 Å². The molecular weight excluding hydrogens is 340 g/mol. The maximum Gasteiger partial charge on any atom is 0.411 e. The van der Waals surface area contributed by atoms with Crippen LogP contribution in [0.1, 0.15) is 19.4 Å². The fraction of sp³-hybridized carbons (Fsp3) is 0.278. The number of anilines is 1. The Balaban J connectivity index is 1.97. The Morgan fingerprint density at radius 3 is 2.16 bits per heavy atom. The minimum atomic E-state index is -3.50. The van der Waals surface area contributed by atoms with E-state index in [2.05, 4.69) is 5.32 Å². The van der Waals surface area contributed by atoms with Crippen LogP contribution in [0.4, 0.5) is 10.5 Å². The van der Waals surface area contributed by atoms with Gasteiger partial charge < -0.3 is 4.74 Å². The zero-order chi connectivity index (χ0) is 18.3. The molecule has 0 aliphatic carbocycles. The lowest BCUT2D eigenvalue weighted by molar-refractivity contribution is 0.155. The molecule has 0 spiro atoms. The topological polar surface area (TPSA) is 75.7 Å². The fourth-order valence-corrected chi connectivity index (χ4v) is 3.76. The van der Waals surface area contributed by atoms with Crippen molar-refractivity contribution in [1.82, 2.24) is 4.31 Å². The van der Waals surface area contributed by atoms with E-state index in [1.807, 2.05) is 30.3 Å². The van der Waals surface area contributed by atoms with E-state index in [-0.39, 0.29) is 11.5 Å². The third-order valence-electron chi connectivity index (χ3n) is 3.66. The van der Waals surface area contributed by atoms with Gasteiger partial charge in [-0.2, -0.15) is 4.31 Å². The molecule has 0 aliphatic heterocycles. The van der Waals surface area contributed by atoms with Crippen molar-refractivity contribution in [2.75, 3.05) is 18.4 Å². The molecule has 2 rings (SSSR count). The number of sulfonamides is 1. The van der Waals surface area contributed by atoms with Gasteiger partial charge in [0.1, 0.15) is 6.61 Å². The second kappa shape index (κ2) is 8.64. The lowest BCUT2D eigenvalue weighted by atomic mass is 10.2. The molecule has 0 radical (unpaired) electrons. The van der Waals surface area contributed by atoms with Crippen LogP contribution in [-0.2, 0) is 21.4 Å². The number of benzene rings is 2. The maximum absolute atomic E-state index is 12.4. The molecule has 0 atom stereocenters. The molecule has 25 heavy (non-hydrogen) atoms. The predicted octanol–water partition coefficient (Wildman–Crippen LogP) is 3.47. The van der Waals surface area contributed by atoms with Crippen LogP contribution in [0.3, 0.4) is 0 Å². The Morgan fingerprint density at radius 2 is 1.60 bits per heavy atom. The number of rotatable bonds is 7. The quantitative estimate of drug-likeness (QED) is 0.818. The van der Waals surface area contributed by atoms with Gasteiger partial charge >= 0.3 is 6.09 Å². The monoisotopic (exact) mass is 362 g/mol. The largest absolute Gasteiger partial charge is 0.444 e. The summed E-state index contributed by atoms with van der Waals surface area (Å²) in [6.45, 7) is 4.57. The lowest BCUT2D eigenvalue weighted by Crippen LogP contribution is -2.30. The first-order chi connectivity index (χ1) is 12.0. The van der Waals surface area contributed by atoms with Crippen molar-refractivity contribution in [2.45, 2.75) is 25.3 Å². The van der Waals surface area contributed by atoms with E-state index in [1.54, 1.807) is 26.0 Å². The predicted molar refractivity (Wildman–Crippen MR) is 96.8 cm³/mol. The van der Waals surface area contributed by atoms with Crippen molar-refractivity contribution < 1.29 is 17.9 Å². The smallest absolute Gasteiger partial charge is 0.411 e. The molecule has 1 N–H and O–H groups in total. The Bertz CT molecular complexity index is 786. The number of carbonyl (C=O) groups is 1. The molecule has 6 nitrogen and oxygen atoms in total. The molecule has 0 aromatic heterocycles. The van der Waals surface area contributed by atoms with Gasteiger partial charge in [-0.1, -0.05) is 44.2 Å². The minimum Gasteiger partial charge on any atom is -0.444 e. The fourth-order valence-electron chi connectivity index (χ4n) is 2.30.